The number of rotatable bonds is 2. The van der Waals surface area contributed by atoms with Crippen molar-refractivity contribution in [3.05, 3.63) is 76.6 Å². The number of benzene rings is 1. The number of amides is 1. The molecule has 0 radical (unpaired) electrons. The topological polar surface area (TPSA) is 63.4 Å². The van der Waals surface area contributed by atoms with Crippen LogP contribution in [0.4, 0.5) is 0 Å². The first-order valence-electron chi connectivity index (χ1n) is 8.98. The van der Waals surface area contributed by atoms with E-state index >= 15 is 0 Å². The fourth-order valence-corrected chi connectivity index (χ4v) is 3.66. The molecule has 3 aromatic rings. The highest BCUT2D eigenvalue weighted by Crippen LogP contribution is 2.31. The average Bonchev–Trinajstić information content (AvgIpc) is 2.94. The normalized spacial score (nSPS) is 17.8. The lowest BCUT2D eigenvalue weighted by atomic mass is 10.0. The highest BCUT2D eigenvalue weighted by Gasteiger charge is 2.29. The molecule has 1 aromatic carbocycles. The molecule has 1 amide bonds. The molecule has 0 N–H and O–H groups in total. The summed E-state index contributed by atoms with van der Waals surface area (Å²) in [6.45, 7) is 0.655. The zero-order valence-electron chi connectivity index (χ0n) is 14.4. The average molecular weight is 348 g/mol. The van der Waals surface area contributed by atoms with Crippen molar-refractivity contribution in [1.82, 2.24) is 9.88 Å². The zero-order valence-corrected chi connectivity index (χ0v) is 14.4. The fourth-order valence-electron chi connectivity index (χ4n) is 3.66. The Bertz CT molecular complexity index is 981. The highest BCUT2D eigenvalue weighted by atomic mass is 16.4. The van der Waals surface area contributed by atoms with Crippen LogP contribution >= 0.6 is 0 Å². The summed E-state index contributed by atoms with van der Waals surface area (Å²) in [6.07, 6.45) is 7.50. The van der Waals surface area contributed by atoms with E-state index in [0.29, 0.717) is 11.9 Å². The second-order valence-corrected chi connectivity index (χ2v) is 6.63. The van der Waals surface area contributed by atoms with Crippen molar-refractivity contribution in [2.24, 2.45) is 0 Å². The number of carbonyl (C=O) groups excluding carboxylic acids is 1. The molecule has 2 aromatic heterocycles. The summed E-state index contributed by atoms with van der Waals surface area (Å²) in [4.78, 5) is 31.4. The van der Waals surface area contributed by atoms with E-state index in [9.17, 15) is 9.59 Å². The van der Waals surface area contributed by atoms with E-state index < -0.39 is 5.63 Å². The van der Waals surface area contributed by atoms with Crippen LogP contribution in [0.25, 0.3) is 10.8 Å². The lowest BCUT2D eigenvalue weighted by molar-refractivity contribution is 0.0643. The molecule has 0 bridgehead atoms. The summed E-state index contributed by atoms with van der Waals surface area (Å²) >= 11 is 0. The van der Waals surface area contributed by atoms with Gasteiger partial charge in [0.1, 0.15) is 0 Å². The summed E-state index contributed by atoms with van der Waals surface area (Å²) in [6, 6.07) is 12.7. The summed E-state index contributed by atoms with van der Waals surface area (Å²) in [7, 11) is 0. The highest BCUT2D eigenvalue weighted by molar-refractivity contribution is 5.95. The van der Waals surface area contributed by atoms with Crippen LogP contribution in [0, 0.1) is 0 Å². The van der Waals surface area contributed by atoms with E-state index in [2.05, 4.69) is 4.98 Å². The minimum Gasteiger partial charge on any atom is -0.417 e. The number of fused-ring (bicyclic) bond motifs is 1. The van der Waals surface area contributed by atoms with Gasteiger partial charge >= 0.3 is 5.63 Å². The second kappa shape index (κ2) is 7.12. The Morgan fingerprint density at radius 1 is 1.08 bits per heavy atom. The second-order valence-electron chi connectivity index (χ2n) is 6.63. The lowest BCUT2D eigenvalue weighted by Gasteiger charge is -2.30. The summed E-state index contributed by atoms with van der Waals surface area (Å²) in [5.74, 6) is -0.119. The Balaban J connectivity index is 1.74. The molecule has 1 atom stereocenters. The monoisotopic (exact) mass is 348 g/mol. The number of hydrogen-bond acceptors (Lipinski definition) is 4. The summed E-state index contributed by atoms with van der Waals surface area (Å²) < 4.78 is 5.37. The van der Waals surface area contributed by atoms with Crippen LogP contribution in [0.15, 0.2) is 64.1 Å². The molecule has 1 aliphatic rings. The Kier molecular flexibility index (Phi) is 4.52. The zero-order chi connectivity index (χ0) is 17.9. The minimum atomic E-state index is -0.471. The smallest absolute Gasteiger partial charge is 0.344 e. The van der Waals surface area contributed by atoms with Gasteiger partial charge in [-0.2, -0.15) is 0 Å². The van der Waals surface area contributed by atoms with Crippen LogP contribution in [0.2, 0.25) is 0 Å². The number of hydrogen-bond donors (Lipinski definition) is 0. The van der Waals surface area contributed by atoms with Gasteiger partial charge in [-0.05, 0) is 48.1 Å². The van der Waals surface area contributed by atoms with Gasteiger partial charge in [-0.15, -0.1) is 0 Å². The van der Waals surface area contributed by atoms with Crippen molar-refractivity contribution in [3.63, 3.8) is 0 Å². The quantitative estimate of drug-likeness (QED) is 0.703. The van der Waals surface area contributed by atoms with Crippen molar-refractivity contribution < 1.29 is 9.21 Å². The number of pyridine rings is 1. The van der Waals surface area contributed by atoms with Gasteiger partial charge in [0.2, 0.25) is 0 Å². The molecule has 0 saturated carbocycles. The molecule has 5 heteroatoms. The molecule has 26 heavy (non-hydrogen) atoms. The largest absolute Gasteiger partial charge is 0.417 e. The van der Waals surface area contributed by atoms with Crippen molar-refractivity contribution in [2.45, 2.75) is 31.7 Å². The third kappa shape index (κ3) is 3.12. The maximum absolute atomic E-state index is 13.2. The molecule has 1 aliphatic heterocycles. The van der Waals surface area contributed by atoms with Gasteiger partial charge in [-0.1, -0.05) is 31.0 Å². The number of likely N-dealkylation sites (tertiary alicyclic amines) is 1. The van der Waals surface area contributed by atoms with Crippen molar-refractivity contribution in [1.29, 1.82) is 0 Å². The molecule has 1 saturated heterocycles. The molecule has 5 nitrogen and oxygen atoms in total. The molecular formula is C21H20N2O3. The van der Waals surface area contributed by atoms with E-state index in [1.54, 1.807) is 30.6 Å². The van der Waals surface area contributed by atoms with Gasteiger partial charge in [0.05, 0.1) is 11.4 Å². The van der Waals surface area contributed by atoms with Crippen LogP contribution in [-0.2, 0) is 0 Å². The van der Waals surface area contributed by atoms with Crippen LogP contribution < -0.4 is 5.63 Å². The minimum absolute atomic E-state index is 0.0234. The molecule has 3 heterocycles. The maximum Gasteiger partial charge on any atom is 0.344 e. The Morgan fingerprint density at radius 3 is 2.73 bits per heavy atom. The molecule has 0 spiro atoms. The summed E-state index contributed by atoms with van der Waals surface area (Å²) in [5.41, 5.74) is 0.597. The predicted octanol–water partition coefficient (Wildman–Crippen LogP) is 3.95. The Hall–Kier alpha value is -2.95. The van der Waals surface area contributed by atoms with E-state index in [-0.39, 0.29) is 17.7 Å². The van der Waals surface area contributed by atoms with Gasteiger partial charge in [0.25, 0.3) is 5.91 Å². The maximum atomic E-state index is 13.2. The number of nitrogens with zero attached hydrogens (tertiary/aromatic N) is 2. The molecule has 4 rings (SSSR count). The van der Waals surface area contributed by atoms with E-state index in [0.717, 1.165) is 36.6 Å². The lowest BCUT2D eigenvalue weighted by Crippen LogP contribution is -2.35. The third-order valence-electron chi connectivity index (χ3n) is 4.99. The van der Waals surface area contributed by atoms with Crippen molar-refractivity contribution in [3.8, 4) is 0 Å². The first kappa shape index (κ1) is 16.5. The SMILES string of the molecule is O=C(c1cc2ccccc2c(=O)o1)N1CCCCCC1c1ccncc1. The third-order valence-corrected chi connectivity index (χ3v) is 4.99. The molecule has 1 fully saturated rings. The molecular weight excluding hydrogens is 328 g/mol. The molecule has 1 unspecified atom stereocenters. The van der Waals surface area contributed by atoms with Crippen LogP contribution in [0.1, 0.15) is 47.8 Å². The van der Waals surface area contributed by atoms with E-state index in [1.165, 1.54) is 0 Å². The standard InChI is InChI=1S/C21H20N2O3/c24-20(19-14-16-6-3-4-7-17(16)21(25)26-19)23-13-5-1-2-8-18(23)15-9-11-22-12-10-15/h3-4,6-7,9-12,14,18H,1-2,5,8,13H2. The van der Waals surface area contributed by atoms with Crippen LogP contribution in [0.5, 0.6) is 0 Å². The number of carbonyl (C=O) groups is 1. The van der Waals surface area contributed by atoms with Crippen LogP contribution in [-0.4, -0.2) is 22.3 Å². The first-order chi connectivity index (χ1) is 12.7. The van der Waals surface area contributed by atoms with Gasteiger partial charge in [0, 0.05) is 18.9 Å². The van der Waals surface area contributed by atoms with E-state index in [1.807, 2.05) is 29.2 Å². The van der Waals surface area contributed by atoms with Gasteiger partial charge in [-0.3, -0.25) is 9.78 Å². The van der Waals surface area contributed by atoms with Gasteiger partial charge < -0.3 is 9.32 Å². The number of aromatic nitrogens is 1. The summed E-state index contributed by atoms with van der Waals surface area (Å²) in [5, 5.41) is 1.22. The van der Waals surface area contributed by atoms with Crippen molar-refractivity contribution in [2.75, 3.05) is 6.54 Å². The predicted molar refractivity (Wildman–Crippen MR) is 99.0 cm³/mol. The van der Waals surface area contributed by atoms with Gasteiger partial charge in [0.15, 0.2) is 5.76 Å². The van der Waals surface area contributed by atoms with E-state index in [4.69, 9.17) is 4.42 Å². The first-order valence-corrected chi connectivity index (χ1v) is 8.98. The van der Waals surface area contributed by atoms with Crippen LogP contribution in [0.3, 0.4) is 0 Å². The Labute approximate surface area is 151 Å². The van der Waals surface area contributed by atoms with Crippen molar-refractivity contribution >= 4 is 16.7 Å². The Morgan fingerprint density at radius 2 is 1.88 bits per heavy atom. The molecule has 0 aliphatic carbocycles. The van der Waals surface area contributed by atoms with Gasteiger partial charge in [-0.25, -0.2) is 4.79 Å². The fraction of sp³-hybridized carbons (Fsp3) is 0.286. The molecule has 132 valence electrons.